The highest BCUT2D eigenvalue weighted by Gasteiger charge is 2.29. The predicted octanol–water partition coefficient (Wildman–Crippen LogP) is 0.165. The molecule has 1 N–H and O–H groups in total. The zero-order valence-corrected chi connectivity index (χ0v) is 17.2. The van der Waals surface area contributed by atoms with Crippen LogP contribution in [0.5, 0.6) is 0 Å². The normalized spacial score (nSPS) is 18.2. The Morgan fingerprint density at radius 1 is 0.967 bits per heavy atom. The molecule has 30 heavy (non-hydrogen) atoms. The van der Waals surface area contributed by atoms with Crippen LogP contribution < -0.4 is 10.2 Å². The number of amides is 2. The lowest BCUT2D eigenvalue weighted by molar-refractivity contribution is -0.122. The fourth-order valence-corrected chi connectivity index (χ4v) is 5.00. The van der Waals surface area contributed by atoms with Gasteiger partial charge in [-0.1, -0.05) is 6.07 Å². The van der Waals surface area contributed by atoms with Gasteiger partial charge in [0, 0.05) is 51.0 Å². The molecule has 10 heteroatoms. The van der Waals surface area contributed by atoms with Gasteiger partial charge in [0.25, 0.3) is 5.91 Å². The fourth-order valence-electron chi connectivity index (χ4n) is 3.60. The topological polar surface area (TPSA) is 103 Å². The Morgan fingerprint density at radius 2 is 1.70 bits per heavy atom. The summed E-state index contributed by atoms with van der Waals surface area (Å²) in [5, 5.41) is 2.61. The maximum absolute atomic E-state index is 12.8. The number of benzene rings is 1. The Bertz CT molecular complexity index is 1020. The van der Waals surface area contributed by atoms with Gasteiger partial charge in [0.2, 0.25) is 15.9 Å². The van der Waals surface area contributed by atoms with Crippen LogP contribution in [0.15, 0.2) is 53.6 Å². The molecule has 2 fully saturated rings. The van der Waals surface area contributed by atoms with Crippen LogP contribution in [0.3, 0.4) is 0 Å². The first-order valence-electron chi connectivity index (χ1n) is 9.77. The molecular formula is C20H23N5O4S. The Balaban J connectivity index is 1.40. The number of carbonyl (C=O) groups is 2. The van der Waals surface area contributed by atoms with Crippen molar-refractivity contribution in [3.05, 3.63) is 54.2 Å². The highest BCUT2D eigenvalue weighted by molar-refractivity contribution is 7.89. The number of carbonyl (C=O) groups excluding carboxylic acids is 2. The van der Waals surface area contributed by atoms with Gasteiger partial charge in [-0.25, -0.2) is 13.4 Å². The van der Waals surface area contributed by atoms with Crippen LogP contribution in [0.25, 0.3) is 0 Å². The molecule has 0 saturated carbocycles. The number of pyridine rings is 1. The van der Waals surface area contributed by atoms with Crippen LogP contribution in [-0.2, 0) is 14.8 Å². The van der Waals surface area contributed by atoms with E-state index in [1.807, 2.05) is 18.2 Å². The predicted molar refractivity (Wildman–Crippen MR) is 111 cm³/mol. The lowest BCUT2D eigenvalue weighted by Crippen LogP contribution is -2.49. The van der Waals surface area contributed by atoms with E-state index in [9.17, 15) is 18.0 Å². The van der Waals surface area contributed by atoms with Gasteiger partial charge in [-0.3, -0.25) is 9.59 Å². The molecule has 0 atom stereocenters. The van der Waals surface area contributed by atoms with E-state index in [1.165, 1.54) is 24.3 Å². The van der Waals surface area contributed by atoms with E-state index in [1.54, 1.807) is 11.1 Å². The van der Waals surface area contributed by atoms with Crippen molar-refractivity contribution in [1.29, 1.82) is 0 Å². The maximum Gasteiger partial charge on any atom is 0.253 e. The Labute approximate surface area is 175 Å². The molecule has 2 saturated heterocycles. The number of rotatable bonds is 4. The minimum Gasteiger partial charge on any atom is -0.354 e. The summed E-state index contributed by atoms with van der Waals surface area (Å²) in [6, 6.07) is 11.7. The second-order valence-electron chi connectivity index (χ2n) is 7.18. The zero-order valence-electron chi connectivity index (χ0n) is 16.4. The summed E-state index contributed by atoms with van der Waals surface area (Å²) >= 11 is 0. The molecule has 9 nitrogen and oxygen atoms in total. The summed E-state index contributed by atoms with van der Waals surface area (Å²) < 4.78 is 26.6. The van der Waals surface area contributed by atoms with Crippen molar-refractivity contribution in [3.63, 3.8) is 0 Å². The average Bonchev–Trinajstić information content (AvgIpc) is 2.79. The van der Waals surface area contributed by atoms with Crippen molar-refractivity contribution in [2.75, 3.05) is 50.7 Å². The molecule has 0 spiro atoms. The van der Waals surface area contributed by atoms with E-state index >= 15 is 0 Å². The first kappa shape index (κ1) is 20.3. The van der Waals surface area contributed by atoms with Crippen molar-refractivity contribution in [3.8, 4) is 0 Å². The van der Waals surface area contributed by atoms with Crippen molar-refractivity contribution >= 4 is 27.7 Å². The minimum atomic E-state index is -3.77. The summed E-state index contributed by atoms with van der Waals surface area (Å²) in [7, 11) is -3.77. The highest BCUT2D eigenvalue weighted by atomic mass is 32.2. The summed E-state index contributed by atoms with van der Waals surface area (Å²) in [6.45, 7) is 2.84. The largest absolute Gasteiger partial charge is 0.354 e. The molecule has 2 aromatic rings. The van der Waals surface area contributed by atoms with Gasteiger partial charge in [0.15, 0.2) is 0 Å². The quantitative estimate of drug-likeness (QED) is 0.743. The van der Waals surface area contributed by atoms with Gasteiger partial charge in [-0.05, 0) is 36.4 Å². The molecule has 0 radical (unpaired) electrons. The number of sulfonamides is 1. The molecule has 2 amide bonds. The van der Waals surface area contributed by atoms with Gasteiger partial charge in [0.1, 0.15) is 5.82 Å². The number of aromatic nitrogens is 1. The summed E-state index contributed by atoms with van der Waals surface area (Å²) in [5.74, 6) is 0.448. The smallest absolute Gasteiger partial charge is 0.253 e. The van der Waals surface area contributed by atoms with E-state index in [2.05, 4.69) is 15.2 Å². The Morgan fingerprint density at radius 3 is 2.33 bits per heavy atom. The molecule has 0 bridgehead atoms. The molecule has 4 rings (SSSR count). The molecule has 0 unspecified atom stereocenters. The Hall–Kier alpha value is -2.98. The number of hydrogen-bond donors (Lipinski definition) is 1. The van der Waals surface area contributed by atoms with Crippen molar-refractivity contribution < 1.29 is 18.0 Å². The standard InChI is InChI=1S/C20H23N5O4S/c26-19-15-25(10-9-22-19)30(28,29)17-6-4-16(5-7-17)20(27)24-13-11-23(12-14-24)18-3-1-2-8-21-18/h1-8H,9-15H2,(H,22,26). The molecular weight excluding hydrogens is 406 g/mol. The molecule has 0 aliphatic carbocycles. The lowest BCUT2D eigenvalue weighted by Gasteiger charge is -2.35. The number of hydrogen-bond acceptors (Lipinski definition) is 6. The van der Waals surface area contributed by atoms with Crippen molar-refractivity contribution in [1.82, 2.24) is 19.5 Å². The van der Waals surface area contributed by atoms with E-state index in [-0.39, 0.29) is 29.8 Å². The van der Waals surface area contributed by atoms with Crippen molar-refractivity contribution in [2.24, 2.45) is 0 Å². The van der Waals surface area contributed by atoms with E-state index in [0.717, 1.165) is 10.1 Å². The number of anilines is 1. The van der Waals surface area contributed by atoms with Crippen LogP contribution in [0.4, 0.5) is 5.82 Å². The van der Waals surface area contributed by atoms with Gasteiger partial charge in [0.05, 0.1) is 11.4 Å². The first-order valence-corrected chi connectivity index (χ1v) is 11.2. The third-order valence-electron chi connectivity index (χ3n) is 5.28. The van der Waals surface area contributed by atoms with Gasteiger partial charge in [-0.15, -0.1) is 0 Å². The molecule has 2 aliphatic rings. The van der Waals surface area contributed by atoms with Crippen LogP contribution >= 0.6 is 0 Å². The summed E-state index contributed by atoms with van der Waals surface area (Å²) in [4.78, 5) is 32.7. The number of nitrogens with one attached hydrogen (secondary N) is 1. The Kier molecular flexibility index (Phi) is 5.69. The van der Waals surface area contributed by atoms with Gasteiger partial charge < -0.3 is 15.1 Å². The molecule has 2 aliphatic heterocycles. The number of nitrogens with zero attached hydrogens (tertiary/aromatic N) is 4. The highest BCUT2D eigenvalue weighted by Crippen LogP contribution is 2.19. The zero-order chi connectivity index (χ0) is 21.1. The van der Waals surface area contributed by atoms with Gasteiger partial charge >= 0.3 is 0 Å². The van der Waals surface area contributed by atoms with E-state index in [0.29, 0.717) is 38.3 Å². The van der Waals surface area contributed by atoms with Crippen LogP contribution in [0.1, 0.15) is 10.4 Å². The van der Waals surface area contributed by atoms with Crippen LogP contribution in [0.2, 0.25) is 0 Å². The van der Waals surface area contributed by atoms with E-state index in [4.69, 9.17) is 0 Å². The summed E-state index contributed by atoms with van der Waals surface area (Å²) in [5.41, 5.74) is 0.441. The van der Waals surface area contributed by atoms with E-state index < -0.39 is 10.0 Å². The van der Waals surface area contributed by atoms with Crippen LogP contribution in [0, 0.1) is 0 Å². The lowest BCUT2D eigenvalue weighted by atomic mass is 10.2. The molecule has 158 valence electrons. The fraction of sp³-hybridized carbons (Fsp3) is 0.350. The monoisotopic (exact) mass is 429 g/mol. The minimum absolute atomic E-state index is 0.0775. The van der Waals surface area contributed by atoms with Gasteiger partial charge in [-0.2, -0.15) is 4.31 Å². The molecule has 1 aromatic carbocycles. The third-order valence-corrected chi connectivity index (χ3v) is 7.14. The molecule has 3 heterocycles. The second-order valence-corrected chi connectivity index (χ2v) is 9.12. The summed E-state index contributed by atoms with van der Waals surface area (Å²) in [6.07, 6.45) is 1.75. The first-order chi connectivity index (χ1) is 14.4. The SMILES string of the molecule is O=C1CN(S(=O)(=O)c2ccc(C(=O)N3CCN(c4ccccn4)CC3)cc2)CCN1. The number of piperazine rings is 2. The molecule has 1 aromatic heterocycles. The third kappa shape index (κ3) is 4.14. The second kappa shape index (κ2) is 8.41. The van der Waals surface area contributed by atoms with Crippen LogP contribution in [-0.4, -0.2) is 80.2 Å². The average molecular weight is 430 g/mol. The maximum atomic E-state index is 12.8. The van der Waals surface area contributed by atoms with Crippen molar-refractivity contribution in [2.45, 2.75) is 4.90 Å².